The molecule has 0 aliphatic rings. The molecule has 0 rings (SSSR count). The van der Waals surface area contributed by atoms with Gasteiger partial charge >= 0.3 is 0 Å². The van der Waals surface area contributed by atoms with E-state index in [2.05, 4.69) is 19.2 Å². The summed E-state index contributed by atoms with van der Waals surface area (Å²) in [5.41, 5.74) is 9.36. The van der Waals surface area contributed by atoms with Gasteiger partial charge in [0.25, 0.3) is 0 Å². The lowest BCUT2D eigenvalue weighted by molar-refractivity contribution is 0.776. The molecule has 0 aromatic heterocycles. The highest BCUT2D eigenvalue weighted by atomic mass is 14.5. The first-order valence-electron chi connectivity index (χ1n) is 3.43. The smallest absolute Gasteiger partial charge is 0.0213 e. The molecule has 0 saturated heterocycles. The quantitative estimate of drug-likeness (QED) is 0.570. The van der Waals surface area contributed by atoms with Gasteiger partial charge in [0.2, 0.25) is 0 Å². The van der Waals surface area contributed by atoms with Crippen molar-refractivity contribution in [3.63, 3.8) is 0 Å². The molecule has 2 N–H and O–H groups in total. The van der Waals surface area contributed by atoms with Crippen LogP contribution in [0.4, 0.5) is 0 Å². The van der Waals surface area contributed by atoms with Crippen molar-refractivity contribution >= 4 is 0 Å². The summed E-state index contributed by atoms with van der Waals surface area (Å²) in [6, 6.07) is 0. The van der Waals surface area contributed by atoms with E-state index in [1.54, 1.807) is 0 Å². The van der Waals surface area contributed by atoms with Crippen LogP contribution in [-0.2, 0) is 0 Å². The maximum Gasteiger partial charge on any atom is 0.0213 e. The lowest BCUT2D eigenvalue weighted by Crippen LogP contribution is -2.01. The fourth-order valence-electron chi connectivity index (χ4n) is 0.653. The lowest BCUT2D eigenvalue weighted by atomic mass is 10.1. The maximum atomic E-state index is 5.38. The monoisotopic (exact) mass is 125 g/mol. The van der Waals surface area contributed by atoms with Gasteiger partial charge in [0, 0.05) is 6.54 Å². The first-order chi connectivity index (χ1) is 4.35. The Hall–Kier alpha value is -0.520. The van der Waals surface area contributed by atoms with E-state index in [9.17, 15) is 0 Å². The second-order valence-electron chi connectivity index (χ2n) is 2.09. The second-order valence-corrected chi connectivity index (χ2v) is 2.09. The molecule has 1 nitrogen and oxygen atoms in total. The Morgan fingerprint density at radius 3 is 2.67 bits per heavy atom. The van der Waals surface area contributed by atoms with Crippen LogP contribution in [0.15, 0.2) is 17.9 Å². The van der Waals surface area contributed by atoms with Crippen LogP contribution < -0.4 is 5.73 Å². The summed E-state index contributed by atoms with van der Waals surface area (Å²) in [5, 5.41) is 0. The van der Waals surface area contributed by atoms with E-state index in [0.717, 1.165) is 12.0 Å². The zero-order chi connectivity index (χ0) is 7.11. The predicted molar refractivity (Wildman–Crippen MR) is 41.2 cm³/mol. The van der Waals surface area contributed by atoms with Gasteiger partial charge in [-0.15, -0.1) is 5.73 Å². The van der Waals surface area contributed by atoms with Crippen LogP contribution in [0.1, 0.15) is 26.2 Å². The highest BCUT2D eigenvalue weighted by Gasteiger charge is 1.89. The van der Waals surface area contributed by atoms with E-state index in [1.165, 1.54) is 12.8 Å². The summed E-state index contributed by atoms with van der Waals surface area (Å²) >= 11 is 0. The molecule has 0 unspecified atom stereocenters. The predicted octanol–water partition coefficient (Wildman–Crippen LogP) is 1.85. The zero-order valence-electron chi connectivity index (χ0n) is 6.11. The molecular weight excluding hydrogens is 110 g/mol. The number of hydrogen-bond donors (Lipinski definition) is 1. The fraction of sp³-hybridized carbons (Fsp3) is 0.625. The molecule has 0 spiro atoms. The molecule has 0 aliphatic carbocycles. The minimum atomic E-state index is 0.615. The molecule has 9 heavy (non-hydrogen) atoms. The van der Waals surface area contributed by atoms with Crippen LogP contribution in [0.3, 0.4) is 0 Å². The summed E-state index contributed by atoms with van der Waals surface area (Å²) in [6.45, 7) is 6.32. The van der Waals surface area contributed by atoms with E-state index in [1.807, 2.05) is 0 Å². The van der Waals surface area contributed by atoms with Gasteiger partial charge in [0.1, 0.15) is 0 Å². The molecule has 0 aromatic rings. The van der Waals surface area contributed by atoms with Crippen molar-refractivity contribution in [3.8, 4) is 0 Å². The van der Waals surface area contributed by atoms with Gasteiger partial charge in [0.05, 0.1) is 0 Å². The van der Waals surface area contributed by atoms with Crippen molar-refractivity contribution in [3.05, 3.63) is 17.9 Å². The van der Waals surface area contributed by atoms with Crippen molar-refractivity contribution in [1.29, 1.82) is 0 Å². The SMILES string of the molecule is C=C=C(CN)CCCC. The van der Waals surface area contributed by atoms with Crippen LogP contribution in [-0.4, -0.2) is 6.54 Å². The van der Waals surface area contributed by atoms with Crippen molar-refractivity contribution in [2.45, 2.75) is 26.2 Å². The lowest BCUT2D eigenvalue weighted by Gasteiger charge is -1.96. The maximum absolute atomic E-state index is 5.38. The normalized spacial score (nSPS) is 8.67. The minimum absolute atomic E-state index is 0.615. The van der Waals surface area contributed by atoms with Gasteiger partial charge in [-0.2, -0.15) is 0 Å². The van der Waals surface area contributed by atoms with E-state index < -0.39 is 0 Å². The van der Waals surface area contributed by atoms with Gasteiger partial charge < -0.3 is 5.73 Å². The van der Waals surface area contributed by atoms with Crippen LogP contribution in [0.5, 0.6) is 0 Å². The van der Waals surface area contributed by atoms with Crippen LogP contribution in [0, 0.1) is 0 Å². The average Bonchev–Trinajstić information content (AvgIpc) is 1.91. The van der Waals surface area contributed by atoms with Crippen LogP contribution in [0.2, 0.25) is 0 Å². The van der Waals surface area contributed by atoms with Gasteiger partial charge in [0.15, 0.2) is 0 Å². The Morgan fingerprint density at radius 1 is 1.67 bits per heavy atom. The second kappa shape index (κ2) is 5.61. The molecule has 0 atom stereocenters. The Labute approximate surface area is 57.3 Å². The van der Waals surface area contributed by atoms with Gasteiger partial charge in [-0.3, -0.25) is 0 Å². The number of unbranched alkanes of at least 4 members (excludes halogenated alkanes) is 1. The summed E-state index contributed by atoms with van der Waals surface area (Å²) in [6.07, 6.45) is 3.48. The van der Waals surface area contributed by atoms with Gasteiger partial charge in [-0.05, 0) is 18.4 Å². The molecule has 0 radical (unpaired) electrons. The fourth-order valence-corrected chi connectivity index (χ4v) is 0.653. The molecule has 0 saturated carbocycles. The third kappa shape index (κ3) is 4.01. The molecule has 0 aliphatic heterocycles. The van der Waals surface area contributed by atoms with Gasteiger partial charge in [-0.1, -0.05) is 19.9 Å². The van der Waals surface area contributed by atoms with Gasteiger partial charge in [-0.25, -0.2) is 0 Å². The number of nitrogens with two attached hydrogens (primary N) is 1. The molecule has 1 heteroatoms. The molecule has 0 amide bonds. The summed E-state index contributed by atoms with van der Waals surface area (Å²) < 4.78 is 0. The Balaban J connectivity index is 3.45. The van der Waals surface area contributed by atoms with E-state index >= 15 is 0 Å². The Kier molecular flexibility index (Phi) is 5.29. The zero-order valence-corrected chi connectivity index (χ0v) is 6.11. The Bertz CT molecular complexity index is 110. The average molecular weight is 125 g/mol. The summed E-state index contributed by atoms with van der Waals surface area (Å²) in [5.74, 6) is 0. The largest absolute Gasteiger partial charge is 0.326 e. The molecule has 0 aromatic carbocycles. The van der Waals surface area contributed by atoms with Crippen molar-refractivity contribution in [2.75, 3.05) is 6.54 Å². The van der Waals surface area contributed by atoms with E-state index in [0.29, 0.717) is 6.54 Å². The molecule has 0 heterocycles. The number of hydrogen-bond acceptors (Lipinski definition) is 1. The number of rotatable bonds is 4. The van der Waals surface area contributed by atoms with Crippen LogP contribution >= 0.6 is 0 Å². The molecule has 0 fully saturated rings. The van der Waals surface area contributed by atoms with Crippen LogP contribution in [0.25, 0.3) is 0 Å². The first kappa shape index (κ1) is 8.48. The summed E-state index contributed by atoms with van der Waals surface area (Å²) in [4.78, 5) is 0. The standard InChI is InChI=1S/C8H15N/c1-3-5-6-8(4-2)7-9/h2-3,5-7,9H2,1H3. The van der Waals surface area contributed by atoms with E-state index in [4.69, 9.17) is 5.73 Å². The van der Waals surface area contributed by atoms with Crippen molar-refractivity contribution in [1.82, 2.24) is 0 Å². The van der Waals surface area contributed by atoms with Crippen molar-refractivity contribution < 1.29 is 0 Å². The third-order valence-corrected chi connectivity index (χ3v) is 1.33. The molecule has 52 valence electrons. The third-order valence-electron chi connectivity index (χ3n) is 1.33. The topological polar surface area (TPSA) is 26.0 Å². The highest BCUT2D eigenvalue weighted by molar-refractivity contribution is 4.99. The van der Waals surface area contributed by atoms with E-state index in [-0.39, 0.29) is 0 Å². The first-order valence-corrected chi connectivity index (χ1v) is 3.43. The van der Waals surface area contributed by atoms with Crippen molar-refractivity contribution in [2.24, 2.45) is 5.73 Å². The highest BCUT2D eigenvalue weighted by Crippen LogP contribution is 2.02. The molecular formula is C8H15N. The Morgan fingerprint density at radius 2 is 2.33 bits per heavy atom. The minimum Gasteiger partial charge on any atom is -0.326 e. The molecule has 0 bridgehead atoms. The summed E-state index contributed by atoms with van der Waals surface area (Å²) in [7, 11) is 0.